The number of halogens is 1. The molecule has 1 rings (SSSR count). The SMILES string of the molecule is FC1=CP=C1.[Na]. The molecule has 0 atom stereocenters. The summed E-state index contributed by atoms with van der Waals surface area (Å²) in [5, 5.41) is 0. The standard InChI is InChI=1S/C3H2FP.Na/c4-3-1-5-2-3;/h1-2H;. The van der Waals surface area contributed by atoms with Gasteiger partial charge in [0.25, 0.3) is 0 Å². The molecule has 1 aliphatic rings. The van der Waals surface area contributed by atoms with Gasteiger partial charge >= 0.3 is 0 Å². The second-order valence-electron chi connectivity index (χ2n) is 0.792. The van der Waals surface area contributed by atoms with Crippen LogP contribution in [0, 0.1) is 0 Å². The minimum absolute atomic E-state index is 0. The van der Waals surface area contributed by atoms with E-state index in [2.05, 4.69) is 0 Å². The van der Waals surface area contributed by atoms with Crippen LogP contribution in [0.5, 0.6) is 0 Å². The van der Waals surface area contributed by atoms with Crippen LogP contribution in [0.15, 0.2) is 11.6 Å². The van der Waals surface area contributed by atoms with Crippen molar-refractivity contribution in [2.75, 3.05) is 0 Å². The van der Waals surface area contributed by atoms with Crippen LogP contribution in [0.2, 0.25) is 0 Å². The van der Waals surface area contributed by atoms with Crippen molar-refractivity contribution in [3.8, 4) is 0 Å². The molecule has 0 aromatic heterocycles. The first-order chi connectivity index (χ1) is 2.39. The van der Waals surface area contributed by atoms with Gasteiger partial charge in [-0.05, 0) is 0 Å². The Morgan fingerprint density at radius 2 is 2.00 bits per heavy atom. The zero-order valence-electron chi connectivity index (χ0n) is 3.48. The normalized spacial score (nSPS) is 17.2. The van der Waals surface area contributed by atoms with E-state index in [4.69, 9.17) is 0 Å². The van der Waals surface area contributed by atoms with E-state index < -0.39 is 0 Å². The van der Waals surface area contributed by atoms with E-state index >= 15 is 0 Å². The molecule has 0 aliphatic carbocycles. The van der Waals surface area contributed by atoms with E-state index in [0.29, 0.717) is 0 Å². The molecule has 0 bridgehead atoms. The first-order valence-electron chi connectivity index (χ1n) is 1.28. The maximum atomic E-state index is 11.3. The summed E-state index contributed by atoms with van der Waals surface area (Å²) in [5.74, 6) is 2.95. The Morgan fingerprint density at radius 3 is 2.00 bits per heavy atom. The molecule has 0 nitrogen and oxygen atoms in total. The number of hydrogen-bond acceptors (Lipinski definition) is 0. The van der Waals surface area contributed by atoms with Gasteiger partial charge in [-0.25, -0.2) is 4.39 Å². The van der Waals surface area contributed by atoms with Gasteiger partial charge in [-0.3, -0.25) is 0 Å². The molecule has 1 aliphatic heterocycles. The molecule has 3 heteroatoms. The summed E-state index contributed by atoms with van der Waals surface area (Å²) in [7, 11) is 1.01. The fourth-order valence-corrected chi connectivity index (χ4v) is 0.393. The van der Waals surface area contributed by atoms with Crippen molar-refractivity contribution in [2.24, 2.45) is 0 Å². The summed E-state index contributed by atoms with van der Waals surface area (Å²) in [6.45, 7) is 0. The van der Waals surface area contributed by atoms with E-state index in [1.54, 1.807) is 0 Å². The fourth-order valence-electron chi connectivity index (χ4n) is 0.131. The predicted molar refractivity (Wildman–Crippen MR) is 27.9 cm³/mol. The van der Waals surface area contributed by atoms with Gasteiger partial charge in [0, 0.05) is 41.2 Å². The smallest absolute Gasteiger partial charge is 0.132 e. The van der Waals surface area contributed by atoms with Crippen molar-refractivity contribution in [3.63, 3.8) is 0 Å². The Balaban J connectivity index is 0.000000250. The Labute approximate surface area is 59.5 Å². The van der Waals surface area contributed by atoms with Gasteiger partial charge in [-0.1, -0.05) is 8.20 Å². The van der Waals surface area contributed by atoms with E-state index in [1.165, 1.54) is 11.6 Å². The summed E-state index contributed by atoms with van der Waals surface area (Å²) in [6, 6.07) is 0. The summed E-state index contributed by atoms with van der Waals surface area (Å²) in [4.78, 5) is 0. The molecule has 0 spiro atoms. The average Bonchev–Trinajstić information content (AvgIpc) is 1.30. The number of allylic oxidation sites excluding steroid dienone is 1. The van der Waals surface area contributed by atoms with Gasteiger partial charge in [0.05, 0.1) is 0 Å². The summed E-state index contributed by atoms with van der Waals surface area (Å²) in [6.07, 6.45) is 0. The third-order valence-corrected chi connectivity index (χ3v) is 1.19. The molecular weight excluding hydrogens is 109 g/mol. The van der Waals surface area contributed by atoms with E-state index in [9.17, 15) is 4.39 Å². The maximum absolute atomic E-state index is 11.3. The summed E-state index contributed by atoms with van der Waals surface area (Å²) in [5.41, 5.74) is 0. The zero-order chi connectivity index (χ0) is 3.70. The van der Waals surface area contributed by atoms with Crippen LogP contribution in [-0.4, -0.2) is 35.4 Å². The molecule has 6 heavy (non-hydrogen) atoms. The molecule has 0 saturated carbocycles. The Hall–Kier alpha value is 0.840. The third kappa shape index (κ3) is 1.53. The fraction of sp³-hybridized carbons (Fsp3) is 0. The van der Waals surface area contributed by atoms with Crippen molar-refractivity contribution in [3.05, 3.63) is 11.6 Å². The quantitative estimate of drug-likeness (QED) is 0.325. The Kier molecular flexibility index (Phi) is 3.33. The second kappa shape index (κ2) is 2.92. The molecule has 0 saturated heterocycles. The van der Waals surface area contributed by atoms with Crippen molar-refractivity contribution in [1.29, 1.82) is 0 Å². The van der Waals surface area contributed by atoms with Gasteiger partial charge in [-0.15, -0.1) is 0 Å². The Bertz CT molecular complexity index is 97.0. The third-order valence-electron chi connectivity index (χ3n) is 0.396. The minimum atomic E-state index is -0.0772. The number of rotatable bonds is 0. The van der Waals surface area contributed by atoms with Crippen LogP contribution >= 0.6 is 8.20 Å². The molecule has 0 aromatic rings. The monoisotopic (exact) mass is 111 g/mol. The van der Waals surface area contributed by atoms with Gasteiger partial charge in [-0.2, -0.15) is 0 Å². The van der Waals surface area contributed by atoms with E-state index in [0.717, 1.165) is 8.20 Å². The van der Waals surface area contributed by atoms with Crippen LogP contribution in [0.3, 0.4) is 0 Å². The molecule has 0 amide bonds. The largest absolute Gasteiger partial charge is 0.206 e. The minimum Gasteiger partial charge on any atom is -0.206 e. The number of hydrogen-bond donors (Lipinski definition) is 0. The van der Waals surface area contributed by atoms with Crippen molar-refractivity contribution >= 4 is 43.6 Å². The second-order valence-corrected chi connectivity index (χ2v) is 1.61. The van der Waals surface area contributed by atoms with Crippen LogP contribution in [0.4, 0.5) is 4.39 Å². The van der Waals surface area contributed by atoms with Crippen LogP contribution in [0.25, 0.3) is 0 Å². The van der Waals surface area contributed by atoms with Gasteiger partial charge in [0.2, 0.25) is 0 Å². The summed E-state index contributed by atoms with van der Waals surface area (Å²) < 4.78 is 11.3. The van der Waals surface area contributed by atoms with Crippen LogP contribution in [-0.2, 0) is 0 Å². The van der Waals surface area contributed by atoms with Crippen molar-refractivity contribution in [1.82, 2.24) is 0 Å². The van der Waals surface area contributed by atoms with Crippen molar-refractivity contribution < 1.29 is 4.39 Å². The zero-order valence-corrected chi connectivity index (χ0v) is 6.37. The molecule has 0 aromatic carbocycles. The maximum Gasteiger partial charge on any atom is 0.132 e. The van der Waals surface area contributed by atoms with Gasteiger partial charge in [0.1, 0.15) is 5.83 Å². The van der Waals surface area contributed by atoms with E-state index in [1.807, 2.05) is 0 Å². The first-order valence-corrected chi connectivity index (χ1v) is 2.32. The topological polar surface area (TPSA) is 0 Å². The van der Waals surface area contributed by atoms with Crippen LogP contribution < -0.4 is 0 Å². The molecule has 0 fully saturated rings. The Morgan fingerprint density at radius 1 is 1.67 bits per heavy atom. The molecular formula is C3H2FNaP. The van der Waals surface area contributed by atoms with Gasteiger partial charge in [0.15, 0.2) is 0 Å². The average molecular weight is 111 g/mol. The molecule has 27 valence electrons. The van der Waals surface area contributed by atoms with Gasteiger partial charge < -0.3 is 0 Å². The molecule has 1 radical (unpaired) electrons. The van der Waals surface area contributed by atoms with Crippen LogP contribution in [0.1, 0.15) is 0 Å². The first kappa shape index (κ1) is 6.84. The molecule has 0 N–H and O–H groups in total. The molecule has 1 heterocycles. The summed E-state index contributed by atoms with van der Waals surface area (Å²) >= 11 is 0. The predicted octanol–water partition coefficient (Wildman–Crippen LogP) is 1.18. The van der Waals surface area contributed by atoms with E-state index in [-0.39, 0.29) is 35.4 Å². The molecule has 0 unspecified atom stereocenters. The van der Waals surface area contributed by atoms with Crippen molar-refractivity contribution in [2.45, 2.75) is 0 Å².